The molecule has 1 heterocycles. The summed E-state index contributed by atoms with van der Waals surface area (Å²) in [5.74, 6) is 0.760. The molecule has 1 rings (SSSR count). The largest absolute Gasteiger partial charge is 0.375 e. The molecular weight excluding hydrogens is 198 g/mol. The molecular formula is C14H29NO. The first-order chi connectivity index (χ1) is 7.50. The van der Waals surface area contributed by atoms with Crippen molar-refractivity contribution in [1.82, 2.24) is 5.32 Å². The van der Waals surface area contributed by atoms with E-state index in [4.69, 9.17) is 4.74 Å². The monoisotopic (exact) mass is 227 g/mol. The van der Waals surface area contributed by atoms with Crippen LogP contribution >= 0.6 is 0 Å². The van der Waals surface area contributed by atoms with E-state index in [9.17, 15) is 0 Å². The van der Waals surface area contributed by atoms with Gasteiger partial charge in [-0.05, 0) is 39.0 Å². The molecule has 2 heteroatoms. The Morgan fingerprint density at radius 2 is 2.06 bits per heavy atom. The van der Waals surface area contributed by atoms with Gasteiger partial charge in [0.05, 0.1) is 5.60 Å². The summed E-state index contributed by atoms with van der Waals surface area (Å²) >= 11 is 0. The average Bonchev–Trinajstić information content (AvgIpc) is 2.28. The highest BCUT2D eigenvalue weighted by atomic mass is 16.5. The Morgan fingerprint density at radius 3 is 2.62 bits per heavy atom. The maximum atomic E-state index is 5.87. The van der Waals surface area contributed by atoms with Crippen molar-refractivity contribution >= 4 is 0 Å². The van der Waals surface area contributed by atoms with Gasteiger partial charge in [0.2, 0.25) is 0 Å². The molecule has 0 aliphatic carbocycles. The van der Waals surface area contributed by atoms with Gasteiger partial charge in [-0.2, -0.15) is 0 Å². The molecule has 4 unspecified atom stereocenters. The molecule has 16 heavy (non-hydrogen) atoms. The summed E-state index contributed by atoms with van der Waals surface area (Å²) in [7, 11) is 0. The van der Waals surface area contributed by atoms with E-state index in [1.165, 1.54) is 6.42 Å². The summed E-state index contributed by atoms with van der Waals surface area (Å²) in [5, 5.41) is 3.78. The van der Waals surface area contributed by atoms with Crippen molar-refractivity contribution in [2.24, 2.45) is 5.92 Å². The van der Waals surface area contributed by atoms with Crippen LogP contribution in [0.5, 0.6) is 0 Å². The van der Waals surface area contributed by atoms with Gasteiger partial charge in [-0.3, -0.25) is 0 Å². The summed E-state index contributed by atoms with van der Waals surface area (Å²) in [6.45, 7) is 12.3. The Balaban J connectivity index is 2.43. The van der Waals surface area contributed by atoms with Gasteiger partial charge in [-0.15, -0.1) is 0 Å². The van der Waals surface area contributed by atoms with Crippen molar-refractivity contribution in [2.75, 3.05) is 6.61 Å². The lowest BCUT2D eigenvalue weighted by atomic mass is 9.88. The van der Waals surface area contributed by atoms with Crippen molar-refractivity contribution in [2.45, 2.75) is 78.0 Å². The summed E-state index contributed by atoms with van der Waals surface area (Å²) in [4.78, 5) is 0. The van der Waals surface area contributed by atoms with Crippen molar-refractivity contribution in [3.63, 3.8) is 0 Å². The second-order valence-electron chi connectivity index (χ2n) is 5.68. The predicted octanol–water partition coefficient (Wildman–Crippen LogP) is 3.36. The van der Waals surface area contributed by atoms with Crippen LogP contribution in [0.15, 0.2) is 0 Å². The van der Waals surface area contributed by atoms with E-state index in [-0.39, 0.29) is 5.60 Å². The van der Waals surface area contributed by atoms with Gasteiger partial charge in [0, 0.05) is 18.7 Å². The molecule has 1 aliphatic heterocycles. The van der Waals surface area contributed by atoms with Crippen molar-refractivity contribution in [1.29, 1.82) is 0 Å². The fraction of sp³-hybridized carbons (Fsp3) is 1.00. The second kappa shape index (κ2) is 6.02. The van der Waals surface area contributed by atoms with Gasteiger partial charge < -0.3 is 10.1 Å². The van der Waals surface area contributed by atoms with Crippen LogP contribution in [0, 0.1) is 5.92 Å². The van der Waals surface area contributed by atoms with E-state index in [0.29, 0.717) is 12.1 Å². The van der Waals surface area contributed by atoms with Crippen LogP contribution in [0.1, 0.15) is 60.3 Å². The Labute approximate surface area is 101 Å². The van der Waals surface area contributed by atoms with Gasteiger partial charge in [-0.25, -0.2) is 0 Å². The minimum atomic E-state index is 0.102. The molecule has 0 aromatic carbocycles. The maximum absolute atomic E-state index is 5.87. The van der Waals surface area contributed by atoms with Crippen molar-refractivity contribution in [3.8, 4) is 0 Å². The Morgan fingerprint density at radius 1 is 1.38 bits per heavy atom. The lowest BCUT2D eigenvalue weighted by molar-refractivity contribution is -0.0794. The molecule has 0 aromatic heterocycles. The highest BCUT2D eigenvalue weighted by Gasteiger charge is 2.32. The molecule has 1 N–H and O–H groups in total. The molecule has 0 aromatic rings. The van der Waals surface area contributed by atoms with E-state index in [0.717, 1.165) is 31.8 Å². The standard InChI is InChI=1S/C14H29NO/c1-6-11(3)12(4)15-13-8-9-16-14(5,7-2)10-13/h11-13,15H,6-10H2,1-5H3. The number of hydrogen-bond donors (Lipinski definition) is 1. The topological polar surface area (TPSA) is 21.3 Å². The van der Waals surface area contributed by atoms with E-state index in [2.05, 4.69) is 39.9 Å². The quantitative estimate of drug-likeness (QED) is 0.777. The van der Waals surface area contributed by atoms with Crippen LogP contribution in [0.25, 0.3) is 0 Å². The lowest BCUT2D eigenvalue weighted by Crippen LogP contribution is -2.48. The highest BCUT2D eigenvalue weighted by Crippen LogP contribution is 2.28. The van der Waals surface area contributed by atoms with Crippen LogP contribution in [-0.4, -0.2) is 24.3 Å². The molecule has 0 bridgehead atoms. The minimum Gasteiger partial charge on any atom is -0.375 e. The normalized spacial score (nSPS) is 34.7. The van der Waals surface area contributed by atoms with Crippen LogP contribution in [-0.2, 0) is 4.74 Å². The molecule has 2 nitrogen and oxygen atoms in total. The SMILES string of the molecule is CCC(C)C(C)NC1CCOC(C)(CC)C1. The van der Waals surface area contributed by atoms with Gasteiger partial charge in [0.25, 0.3) is 0 Å². The smallest absolute Gasteiger partial charge is 0.0666 e. The Kier molecular flexibility index (Phi) is 5.26. The zero-order valence-electron chi connectivity index (χ0n) is 11.7. The minimum absolute atomic E-state index is 0.102. The summed E-state index contributed by atoms with van der Waals surface area (Å²) in [6, 6.07) is 1.26. The van der Waals surface area contributed by atoms with Crippen molar-refractivity contribution < 1.29 is 4.74 Å². The molecule has 1 fully saturated rings. The average molecular weight is 227 g/mol. The lowest BCUT2D eigenvalue weighted by Gasteiger charge is -2.39. The number of nitrogens with one attached hydrogen (secondary N) is 1. The molecule has 0 saturated carbocycles. The van der Waals surface area contributed by atoms with E-state index >= 15 is 0 Å². The summed E-state index contributed by atoms with van der Waals surface area (Å²) in [6.07, 6.45) is 4.69. The van der Waals surface area contributed by atoms with E-state index in [1.807, 2.05) is 0 Å². The Bertz CT molecular complexity index is 207. The molecule has 1 saturated heterocycles. The van der Waals surface area contributed by atoms with Gasteiger partial charge in [0.15, 0.2) is 0 Å². The predicted molar refractivity (Wildman–Crippen MR) is 69.7 cm³/mol. The highest BCUT2D eigenvalue weighted by molar-refractivity contribution is 4.87. The number of ether oxygens (including phenoxy) is 1. The van der Waals surface area contributed by atoms with Crippen molar-refractivity contribution in [3.05, 3.63) is 0 Å². The molecule has 1 aliphatic rings. The first-order valence-corrected chi connectivity index (χ1v) is 6.90. The second-order valence-corrected chi connectivity index (χ2v) is 5.68. The molecule has 0 amide bonds. The fourth-order valence-electron chi connectivity index (χ4n) is 2.41. The Hall–Kier alpha value is -0.0800. The zero-order valence-corrected chi connectivity index (χ0v) is 11.7. The van der Waals surface area contributed by atoms with Crippen LogP contribution < -0.4 is 5.32 Å². The third-order valence-electron chi connectivity index (χ3n) is 4.34. The fourth-order valence-corrected chi connectivity index (χ4v) is 2.41. The van der Waals surface area contributed by atoms with Crippen LogP contribution in [0.4, 0.5) is 0 Å². The third-order valence-corrected chi connectivity index (χ3v) is 4.34. The van der Waals surface area contributed by atoms with Gasteiger partial charge >= 0.3 is 0 Å². The van der Waals surface area contributed by atoms with E-state index in [1.54, 1.807) is 0 Å². The summed E-state index contributed by atoms with van der Waals surface area (Å²) < 4.78 is 5.87. The first kappa shape index (κ1) is 14.0. The molecule has 0 radical (unpaired) electrons. The third kappa shape index (κ3) is 3.74. The number of hydrogen-bond acceptors (Lipinski definition) is 2. The van der Waals surface area contributed by atoms with Crippen LogP contribution in [0.3, 0.4) is 0 Å². The zero-order chi connectivity index (χ0) is 12.2. The molecule has 4 atom stereocenters. The van der Waals surface area contributed by atoms with Gasteiger partial charge in [-0.1, -0.05) is 27.2 Å². The molecule has 0 spiro atoms. The van der Waals surface area contributed by atoms with Crippen LogP contribution in [0.2, 0.25) is 0 Å². The van der Waals surface area contributed by atoms with E-state index < -0.39 is 0 Å². The maximum Gasteiger partial charge on any atom is 0.0666 e. The van der Waals surface area contributed by atoms with Gasteiger partial charge in [0.1, 0.15) is 0 Å². The first-order valence-electron chi connectivity index (χ1n) is 6.90. The summed E-state index contributed by atoms with van der Waals surface area (Å²) in [5.41, 5.74) is 0.102. The molecule has 96 valence electrons. The number of rotatable bonds is 5.